The highest BCUT2D eigenvalue weighted by atomic mass is 32.1. The first-order chi connectivity index (χ1) is 11.0. The Bertz CT molecular complexity index is 751. The zero-order valence-electron chi connectivity index (χ0n) is 13.4. The minimum atomic E-state index is -0.0932. The van der Waals surface area contributed by atoms with E-state index in [4.69, 9.17) is 0 Å². The van der Waals surface area contributed by atoms with E-state index in [-0.39, 0.29) is 11.8 Å². The third-order valence-corrected chi connectivity index (χ3v) is 5.07. The van der Waals surface area contributed by atoms with E-state index in [1.54, 1.807) is 0 Å². The number of hydrogen-bond donors (Lipinski definition) is 1. The Morgan fingerprint density at radius 1 is 1.22 bits per heavy atom. The van der Waals surface area contributed by atoms with Gasteiger partial charge >= 0.3 is 0 Å². The van der Waals surface area contributed by atoms with Gasteiger partial charge in [0.05, 0.1) is 4.88 Å². The van der Waals surface area contributed by atoms with Crippen LogP contribution in [0.2, 0.25) is 0 Å². The van der Waals surface area contributed by atoms with Crippen molar-refractivity contribution in [2.45, 2.75) is 33.1 Å². The van der Waals surface area contributed by atoms with Gasteiger partial charge in [-0.3, -0.25) is 9.59 Å². The summed E-state index contributed by atoms with van der Waals surface area (Å²) < 4.78 is 0. The van der Waals surface area contributed by atoms with Crippen molar-refractivity contribution >= 4 is 34.5 Å². The number of anilines is 2. The molecular weight excluding hydrogens is 308 g/mol. The van der Waals surface area contributed by atoms with Gasteiger partial charge < -0.3 is 10.2 Å². The highest BCUT2D eigenvalue weighted by Crippen LogP contribution is 2.27. The van der Waals surface area contributed by atoms with Crippen LogP contribution < -0.4 is 10.2 Å². The van der Waals surface area contributed by atoms with Crippen molar-refractivity contribution in [1.29, 1.82) is 0 Å². The van der Waals surface area contributed by atoms with E-state index in [1.807, 2.05) is 48.4 Å². The molecule has 0 aliphatic carbocycles. The Morgan fingerprint density at radius 3 is 2.70 bits per heavy atom. The number of rotatable bonds is 3. The Kier molecular flexibility index (Phi) is 4.48. The molecular formula is C18H20N2O2S. The van der Waals surface area contributed by atoms with Crippen LogP contribution >= 0.6 is 11.3 Å². The second kappa shape index (κ2) is 6.54. The van der Waals surface area contributed by atoms with Gasteiger partial charge in [0.2, 0.25) is 5.91 Å². The fraction of sp³-hybridized carbons (Fsp3) is 0.333. The summed E-state index contributed by atoms with van der Waals surface area (Å²) in [4.78, 5) is 26.8. The van der Waals surface area contributed by atoms with Crippen molar-refractivity contribution in [3.63, 3.8) is 0 Å². The van der Waals surface area contributed by atoms with Crippen molar-refractivity contribution in [3.8, 4) is 0 Å². The summed E-state index contributed by atoms with van der Waals surface area (Å²) in [6, 6.07) is 7.60. The van der Waals surface area contributed by atoms with Gasteiger partial charge in [0.25, 0.3) is 5.91 Å². The molecule has 1 aliphatic rings. The molecule has 23 heavy (non-hydrogen) atoms. The summed E-state index contributed by atoms with van der Waals surface area (Å²) in [5, 5.41) is 4.89. The van der Waals surface area contributed by atoms with Gasteiger partial charge in [0.15, 0.2) is 0 Å². The van der Waals surface area contributed by atoms with Crippen LogP contribution in [0.15, 0.2) is 29.6 Å². The number of nitrogens with zero attached hydrogens (tertiary/aromatic N) is 1. The number of piperidine rings is 1. The molecule has 4 nitrogen and oxygen atoms in total. The molecule has 1 aromatic carbocycles. The number of carbonyl (C=O) groups excluding carboxylic acids is 2. The minimum absolute atomic E-state index is 0.0932. The third kappa shape index (κ3) is 3.45. The predicted octanol–water partition coefficient (Wildman–Crippen LogP) is 4.13. The number of amides is 2. The summed E-state index contributed by atoms with van der Waals surface area (Å²) >= 11 is 1.44. The lowest BCUT2D eigenvalue weighted by molar-refractivity contribution is -0.119. The maximum Gasteiger partial charge on any atom is 0.265 e. The zero-order chi connectivity index (χ0) is 16.4. The lowest BCUT2D eigenvalue weighted by Crippen LogP contribution is -2.35. The van der Waals surface area contributed by atoms with Crippen LogP contribution in [0.3, 0.4) is 0 Å². The van der Waals surface area contributed by atoms with Crippen LogP contribution in [-0.4, -0.2) is 18.4 Å². The molecule has 0 saturated carbocycles. The van der Waals surface area contributed by atoms with Crippen LogP contribution in [0.1, 0.15) is 40.1 Å². The van der Waals surface area contributed by atoms with Gasteiger partial charge in [-0.2, -0.15) is 0 Å². The number of carbonyl (C=O) groups is 2. The van der Waals surface area contributed by atoms with Gasteiger partial charge in [0.1, 0.15) is 0 Å². The molecule has 0 bridgehead atoms. The first-order valence-electron chi connectivity index (χ1n) is 7.82. The molecule has 0 unspecified atom stereocenters. The standard InChI is InChI=1S/C18H20N2O2S/c1-12-9-16(23-11-12)18(22)19-14-6-7-15(13(2)10-14)20-8-4-3-5-17(20)21/h6-7,9-11H,3-5,8H2,1-2H3,(H,19,22). The molecule has 3 rings (SSSR count). The van der Waals surface area contributed by atoms with Crippen molar-refractivity contribution < 1.29 is 9.59 Å². The fourth-order valence-corrected chi connectivity index (χ4v) is 3.63. The Hall–Kier alpha value is -2.14. The predicted molar refractivity (Wildman–Crippen MR) is 94.4 cm³/mol. The number of aryl methyl sites for hydroxylation is 2. The van der Waals surface area contributed by atoms with Gasteiger partial charge in [-0.15, -0.1) is 11.3 Å². The molecule has 1 fully saturated rings. The number of hydrogen-bond acceptors (Lipinski definition) is 3. The van der Waals surface area contributed by atoms with Crippen LogP contribution in [0.25, 0.3) is 0 Å². The smallest absolute Gasteiger partial charge is 0.265 e. The van der Waals surface area contributed by atoms with Gasteiger partial charge in [0, 0.05) is 24.3 Å². The van der Waals surface area contributed by atoms with Gasteiger partial charge in [-0.05, 0) is 67.5 Å². The van der Waals surface area contributed by atoms with Crippen molar-refractivity contribution in [2.24, 2.45) is 0 Å². The van der Waals surface area contributed by atoms with Gasteiger partial charge in [-0.1, -0.05) is 0 Å². The van der Waals surface area contributed by atoms with Crippen molar-refractivity contribution in [3.05, 3.63) is 45.6 Å². The van der Waals surface area contributed by atoms with E-state index in [9.17, 15) is 9.59 Å². The molecule has 5 heteroatoms. The van der Waals surface area contributed by atoms with E-state index in [2.05, 4.69) is 5.32 Å². The van der Waals surface area contributed by atoms with Crippen molar-refractivity contribution in [2.75, 3.05) is 16.8 Å². The van der Waals surface area contributed by atoms with Crippen LogP contribution in [-0.2, 0) is 4.79 Å². The Labute approximate surface area is 140 Å². The molecule has 2 amide bonds. The topological polar surface area (TPSA) is 49.4 Å². The monoisotopic (exact) mass is 328 g/mol. The molecule has 0 atom stereocenters. The number of nitrogens with one attached hydrogen (secondary N) is 1. The molecule has 2 aromatic rings. The molecule has 1 N–H and O–H groups in total. The molecule has 0 spiro atoms. The molecule has 0 radical (unpaired) electrons. The first kappa shape index (κ1) is 15.7. The number of benzene rings is 1. The first-order valence-corrected chi connectivity index (χ1v) is 8.70. The van der Waals surface area contributed by atoms with E-state index >= 15 is 0 Å². The maximum atomic E-state index is 12.2. The summed E-state index contributed by atoms with van der Waals surface area (Å²) in [6.45, 7) is 4.73. The summed E-state index contributed by atoms with van der Waals surface area (Å²) in [7, 11) is 0. The van der Waals surface area contributed by atoms with E-state index in [1.165, 1.54) is 11.3 Å². The average molecular weight is 328 g/mol. The minimum Gasteiger partial charge on any atom is -0.321 e. The quantitative estimate of drug-likeness (QED) is 0.921. The molecule has 120 valence electrons. The maximum absolute atomic E-state index is 12.2. The van der Waals surface area contributed by atoms with Crippen molar-refractivity contribution in [1.82, 2.24) is 0 Å². The highest BCUT2D eigenvalue weighted by Gasteiger charge is 2.21. The van der Waals surface area contributed by atoms with Crippen LogP contribution in [0, 0.1) is 13.8 Å². The van der Waals surface area contributed by atoms with Crippen LogP contribution in [0.4, 0.5) is 11.4 Å². The largest absolute Gasteiger partial charge is 0.321 e. The lowest BCUT2D eigenvalue weighted by Gasteiger charge is -2.28. The van der Waals surface area contributed by atoms with Crippen LogP contribution in [0.5, 0.6) is 0 Å². The fourth-order valence-electron chi connectivity index (χ4n) is 2.84. The molecule has 1 aliphatic heterocycles. The summed E-state index contributed by atoms with van der Waals surface area (Å²) in [5.41, 5.74) is 3.79. The zero-order valence-corrected chi connectivity index (χ0v) is 14.2. The Morgan fingerprint density at radius 2 is 2.04 bits per heavy atom. The molecule has 1 saturated heterocycles. The Balaban J connectivity index is 1.76. The average Bonchev–Trinajstić information content (AvgIpc) is 2.95. The normalized spacial score (nSPS) is 14.9. The van der Waals surface area contributed by atoms with Gasteiger partial charge in [-0.25, -0.2) is 0 Å². The lowest BCUT2D eigenvalue weighted by atomic mass is 10.1. The summed E-state index contributed by atoms with van der Waals surface area (Å²) in [5.74, 6) is 0.0921. The third-order valence-electron chi connectivity index (χ3n) is 4.02. The van der Waals surface area contributed by atoms with E-state index in [0.717, 1.165) is 41.9 Å². The second-order valence-corrected chi connectivity index (χ2v) is 6.86. The second-order valence-electron chi connectivity index (χ2n) is 5.95. The highest BCUT2D eigenvalue weighted by molar-refractivity contribution is 7.12. The van der Waals surface area contributed by atoms with E-state index < -0.39 is 0 Å². The molecule has 1 aromatic heterocycles. The van der Waals surface area contributed by atoms with E-state index in [0.29, 0.717) is 11.3 Å². The SMILES string of the molecule is Cc1csc(C(=O)Nc2ccc(N3CCCCC3=O)c(C)c2)c1. The molecule has 2 heterocycles. The summed E-state index contributed by atoms with van der Waals surface area (Å²) in [6.07, 6.45) is 2.64. The number of thiophene rings is 1.